The molecule has 0 aliphatic carbocycles. The van der Waals surface area contributed by atoms with Gasteiger partial charge in [0.1, 0.15) is 0 Å². The molecule has 178 valence electrons. The average Bonchev–Trinajstić information content (AvgIpc) is 2.82. The summed E-state index contributed by atoms with van der Waals surface area (Å²) in [6.07, 6.45) is 1.27. The van der Waals surface area contributed by atoms with E-state index in [1.165, 1.54) is 0 Å². The van der Waals surface area contributed by atoms with Gasteiger partial charge in [-0.3, -0.25) is 4.79 Å². The maximum Gasteiger partial charge on any atom is 0.165 e. The maximum absolute atomic E-state index is 13.0. The van der Waals surface area contributed by atoms with Crippen molar-refractivity contribution in [2.24, 2.45) is 0 Å². The highest BCUT2D eigenvalue weighted by molar-refractivity contribution is 7.91. The van der Waals surface area contributed by atoms with Crippen molar-refractivity contribution >= 4 is 27.2 Å². The lowest BCUT2D eigenvalue weighted by Crippen LogP contribution is -2.23. The van der Waals surface area contributed by atoms with Crippen LogP contribution in [-0.4, -0.2) is 25.6 Å². The molecule has 0 aromatic heterocycles. The number of rotatable bonds is 11. The molecule has 0 aliphatic heterocycles. The predicted molar refractivity (Wildman–Crippen MR) is 138 cm³/mol. The van der Waals surface area contributed by atoms with Gasteiger partial charge in [0.15, 0.2) is 15.6 Å². The van der Waals surface area contributed by atoms with Crippen LogP contribution in [0.25, 0.3) is 0 Å². The molecule has 0 saturated carbocycles. The zero-order chi connectivity index (χ0) is 24.6. The third-order valence-corrected chi connectivity index (χ3v) is 7.83. The Balaban J connectivity index is 1.78. The highest BCUT2D eigenvalue weighted by atomic mass is 35.5. The lowest BCUT2D eigenvalue weighted by atomic mass is 10.00. The Morgan fingerprint density at radius 2 is 1.56 bits per heavy atom. The van der Waals surface area contributed by atoms with Crippen molar-refractivity contribution in [1.82, 2.24) is 0 Å². The molecule has 0 bridgehead atoms. The molecular formula is C28H29ClO4S. The topological polar surface area (TPSA) is 60.4 Å². The van der Waals surface area contributed by atoms with E-state index in [0.717, 1.165) is 5.56 Å². The number of carbonyl (C=O) groups excluding carboxylic acids is 1. The van der Waals surface area contributed by atoms with Crippen molar-refractivity contribution in [3.8, 4) is 0 Å². The second-order valence-corrected chi connectivity index (χ2v) is 11.1. The number of ketones is 1. The van der Waals surface area contributed by atoms with E-state index in [2.05, 4.69) is 0 Å². The molecule has 3 aromatic carbocycles. The average molecular weight is 497 g/mol. The summed E-state index contributed by atoms with van der Waals surface area (Å²) in [6, 6.07) is 25.6. The van der Waals surface area contributed by atoms with Crippen LogP contribution in [0.1, 0.15) is 41.8 Å². The Bertz CT molecular complexity index is 1220. The van der Waals surface area contributed by atoms with E-state index in [1.54, 1.807) is 49.4 Å². The van der Waals surface area contributed by atoms with Crippen LogP contribution < -0.4 is 0 Å². The fraction of sp³-hybridized carbons (Fsp3) is 0.250. The van der Waals surface area contributed by atoms with Crippen LogP contribution in [-0.2, 0) is 26.9 Å². The van der Waals surface area contributed by atoms with E-state index in [1.807, 2.05) is 55.5 Å². The first-order valence-corrected chi connectivity index (χ1v) is 13.2. The van der Waals surface area contributed by atoms with Gasteiger partial charge in [0.2, 0.25) is 0 Å². The van der Waals surface area contributed by atoms with Gasteiger partial charge < -0.3 is 4.74 Å². The van der Waals surface area contributed by atoms with Gasteiger partial charge in [0, 0.05) is 17.0 Å². The van der Waals surface area contributed by atoms with Gasteiger partial charge in [-0.25, -0.2) is 8.42 Å². The molecule has 0 radical (unpaired) electrons. The van der Waals surface area contributed by atoms with Gasteiger partial charge >= 0.3 is 0 Å². The van der Waals surface area contributed by atoms with Crippen LogP contribution in [0.2, 0.25) is 5.02 Å². The van der Waals surface area contributed by atoms with E-state index in [0.29, 0.717) is 28.3 Å². The molecular weight excluding hydrogens is 468 g/mol. The number of sulfone groups is 1. The molecule has 0 spiro atoms. The fourth-order valence-electron chi connectivity index (χ4n) is 3.60. The molecule has 0 saturated heterocycles. The van der Waals surface area contributed by atoms with Crippen LogP contribution in [0.5, 0.6) is 0 Å². The summed E-state index contributed by atoms with van der Waals surface area (Å²) in [6.45, 7) is 3.79. The van der Waals surface area contributed by atoms with E-state index in [9.17, 15) is 13.2 Å². The van der Waals surface area contributed by atoms with Gasteiger partial charge in [-0.2, -0.15) is 0 Å². The standard InChI is InChI=1S/C28H29ClO4S/c1-21(16-22(2)34(31,32)20-24-12-9-15-26(29)17-24)28(33-19-23-10-5-3-6-11-23)18-27(30)25-13-7-4-8-14-25/h3-17,22,28H,18-20H2,1-2H3/b21-16-/t22-,28+/m0/s1. The Morgan fingerprint density at radius 1 is 0.941 bits per heavy atom. The molecule has 34 heavy (non-hydrogen) atoms. The highest BCUT2D eigenvalue weighted by Gasteiger charge is 2.23. The van der Waals surface area contributed by atoms with Gasteiger partial charge in [0.25, 0.3) is 0 Å². The highest BCUT2D eigenvalue weighted by Crippen LogP contribution is 2.21. The first-order chi connectivity index (χ1) is 16.2. The number of halogens is 1. The molecule has 2 atom stereocenters. The van der Waals surface area contributed by atoms with Gasteiger partial charge in [-0.05, 0) is 42.7 Å². The van der Waals surface area contributed by atoms with E-state index < -0.39 is 21.2 Å². The van der Waals surface area contributed by atoms with Crippen LogP contribution in [0.4, 0.5) is 0 Å². The second kappa shape index (κ2) is 12.1. The first kappa shape index (κ1) is 25.9. The summed E-state index contributed by atoms with van der Waals surface area (Å²) in [5.74, 6) is -0.169. The Hall–Kier alpha value is -2.73. The first-order valence-electron chi connectivity index (χ1n) is 11.1. The van der Waals surface area contributed by atoms with Crippen molar-refractivity contribution in [1.29, 1.82) is 0 Å². The number of carbonyl (C=O) groups is 1. The number of ether oxygens (including phenoxy) is 1. The Labute approximate surface area is 207 Å². The lowest BCUT2D eigenvalue weighted by Gasteiger charge is -2.20. The zero-order valence-corrected chi connectivity index (χ0v) is 20.9. The van der Waals surface area contributed by atoms with Crippen molar-refractivity contribution < 1.29 is 17.9 Å². The number of hydrogen-bond donors (Lipinski definition) is 0. The van der Waals surface area contributed by atoms with E-state index in [-0.39, 0.29) is 18.0 Å². The molecule has 0 unspecified atom stereocenters. The summed E-state index contributed by atoms with van der Waals surface area (Å²) in [7, 11) is -3.48. The molecule has 6 heteroatoms. The van der Waals surface area contributed by atoms with Crippen molar-refractivity contribution in [3.05, 3.63) is 118 Å². The number of Topliss-reactive ketones (excluding diaryl/α,β-unsaturated/α-hetero) is 1. The van der Waals surface area contributed by atoms with E-state index in [4.69, 9.17) is 16.3 Å². The summed E-state index contributed by atoms with van der Waals surface area (Å²) in [4.78, 5) is 12.9. The smallest absolute Gasteiger partial charge is 0.165 e. The molecule has 0 aliphatic rings. The molecule has 3 aromatic rings. The Morgan fingerprint density at radius 3 is 2.21 bits per heavy atom. The summed E-state index contributed by atoms with van der Waals surface area (Å²) in [5.41, 5.74) is 2.93. The minimum absolute atomic E-state index is 0.0548. The van der Waals surface area contributed by atoms with Gasteiger partial charge in [-0.15, -0.1) is 0 Å². The normalized spacial score (nSPS) is 13.9. The minimum atomic E-state index is -3.48. The van der Waals surface area contributed by atoms with Crippen LogP contribution in [0.3, 0.4) is 0 Å². The SMILES string of the molecule is C/C(=C/[C@H](C)S(=O)(=O)Cc1cccc(Cl)c1)[C@@H](CC(=O)c1ccccc1)OCc1ccccc1. The molecule has 0 N–H and O–H groups in total. The van der Waals surface area contributed by atoms with Crippen LogP contribution in [0.15, 0.2) is 96.6 Å². The molecule has 3 rings (SSSR count). The maximum atomic E-state index is 13.0. The lowest BCUT2D eigenvalue weighted by molar-refractivity contribution is 0.0530. The minimum Gasteiger partial charge on any atom is -0.369 e. The summed E-state index contributed by atoms with van der Waals surface area (Å²) in [5, 5.41) is -0.248. The zero-order valence-electron chi connectivity index (χ0n) is 19.4. The molecule has 0 heterocycles. The van der Waals surface area contributed by atoms with Crippen molar-refractivity contribution in [2.45, 2.75) is 44.0 Å². The van der Waals surface area contributed by atoms with Crippen molar-refractivity contribution in [2.75, 3.05) is 0 Å². The number of hydrogen-bond acceptors (Lipinski definition) is 4. The van der Waals surface area contributed by atoms with Crippen LogP contribution >= 0.6 is 11.6 Å². The van der Waals surface area contributed by atoms with Crippen LogP contribution in [0, 0.1) is 0 Å². The van der Waals surface area contributed by atoms with Crippen molar-refractivity contribution in [3.63, 3.8) is 0 Å². The monoisotopic (exact) mass is 496 g/mol. The molecule has 0 fully saturated rings. The predicted octanol–water partition coefficient (Wildman–Crippen LogP) is 6.45. The quantitative estimate of drug-likeness (QED) is 0.226. The summed E-state index contributed by atoms with van der Waals surface area (Å²) >= 11 is 6.01. The molecule has 4 nitrogen and oxygen atoms in total. The largest absolute Gasteiger partial charge is 0.369 e. The third kappa shape index (κ3) is 7.66. The van der Waals surface area contributed by atoms with Gasteiger partial charge in [0.05, 0.1) is 23.7 Å². The Kier molecular flexibility index (Phi) is 9.22. The summed E-state index contributed by atoms with van der Waals surface area (Å²) < 4.78 is 32.1. The number of benzene rings is 3. The van der Waals surface area contributed by atoms with E-state index >= 15 is 0 Å². The fourth-order valence-corrected chi connectivity index (χ4v) is 5.15. The molecule has 0 amide bonds. The second-order valence-electron chi connectivity index (χ2n) is 8.33. The van der Waals surface area contributed by atoms with Gasteiger partial charge in [-0.1, -0.05) is 90.5 Å². The third-order valence-electron chi connectivity index (χ3n) is 5.59.